The maximum atomic E-state index is 12.5. The number of nitrogens with zero attached hydrogens (tertiary/aromatic N) is 1. The molecular weight excluding hydrogens is 338 g/mol. The third-order valence-corrected chi connectivity index (χ3v) is 4.83. The van der Waals surface area contributed by atoms with Crippen molar-refractivity contribution < 1.29 is 14.0 Å². The molecule has 1 aromatic heterocycles. The van der Waals surface area contributed by atoms with E-state index in [9.17, 15) is 9.59 Å². The van der Waals surface area contributed by atoms with Crippen LogP contribution in [-0.2, 0) is 4.79 Å². The molecule has 0 fully saturated rings. The van der Waals surface area contributed by atoms with Crippen molar-refractivity contribution in [3.05, 3.63) is 54.1 Å². The maximum absolute atomic E-state index is 12.5. The Morgan fingerprint density at radius 3 is 2.56 bits per heavy atom. The van der Waals surface area contributed by atoms with Gasteiger partial charge in [0.25, 0.3) is 5.22 Å². The average Bonchev–Trinajstić information content (AvgIpc) is 3.02. The molecule has 3 N–H and O–H groups in total. The molecule has 2 aromatic carbocycles. The molecule has 7 heteroatoms. The summed E-state index contributed by atoms with van der Waals surface area (Å²) in [6.07, 6.45) is 0.620. The first-order chi connectivity index (χ1) is 12.1. The number of aromatic nitrogens is 1. The van der Waals surface area contributed by atoms with Crippen LogP contribution in [0, 0.1) is 0 Å². The number of hydrogen-bond acceptors (Lipinski definition) is 5. The van der Waals surface area contributed by atoms with Gasteiger partial charge >= 0.3 is 0 Å². The topological polar surface area (TPSA) is 98.2 Å². The van der Waals surface area contributed by atoms with E-state index in [4.69, 9.17) is 10.2 Å². The number of oxazole rings is 1. The molecule has 1 heterocycles. The van der Waals surface area contributed by atoms with E-state index in [0.29, 0.717) is 28.5 Å². The molecule has 128 valence electrons. The van der Waals surface area contributed by atoms with E-state index in [1.54, 1.807) is 24.3 Å². The Morgan fingerprint density at radius 1 is 1.20 bits per heavy atom. The first-order valence-corrected chi connectivity index (χ1v) is 8.67. The second kappa shape index (κ2) is 7.40. The number of amides is 2. The van der Waals surface area contributed by atoms with E-state index in [1.165, 1.54) is 11.8 Å². The van der Waals surface area contributed by atoms with E-state index in [1.807, 2.05) is 31.2 Å². The third kappa shape index (κ3) is 4.00. The van der Waals surface area contributed by atoms with Crippen molar-refractivity contribution in [1.29, 1.82) is 0 Å². The van der Waals surface area contributed by atoms with Gasteiger partial charge in [0.05, 0.1) is 5.25 Å². The highest BCUT2D eigenvalue weighted by atomic mass is 32.2. The molecule has 25 heavy (non-hydrogen) atoms. The Balaban J connectivity index is 1.69. The van der Waals surface area contributed by atoms with Crippen molar-refractivity contribution in [2.45, 2.75) is 23.8 Å². The van der Waals surface area contributed by atoms with Crippen LogP contribution >= 0.6 is 11.8 Å². The van der Waals surface area contributed by atoms with Gasteiger partial charge in [0.15, 0.2) is 5.58 Å². The first kappa shape index (κ1) is 17.0. The van der Waals surface area contributed by atoms with Gasteiger partial charge in [-0.1, -0.05) is 30.8 Å². The van der Waals surface area contributed by atoms with Crippen molar-refractivity contribution in [1.82, 2.24) is 4.98 Å². The minimum Gasteiger partial charge on any atom is -0.431 e. The molecule has 3 aromatic rings. The third-order valence-electron chi connectivity index (χ3n) is 3.62. The number of thioether (sulfide) groups is 1. The normalized spacial score (nSPS) is 12.0. The SMILES string of the molecule is CCC(Sc1nc2ccccc2o1)C(=O)Nc1ccc(C(N)=O)cc1. The molecular formula is C18H17N3O3S. The number of carbonyl (C=O) groups excluding carboxylic acids is 2. The average molecular weight is 355 g/mol. The fourth-order valence-corrected chi connectivity index (χ4v) is 3.15. The second-order valence-corrected chi connectivity index (χ2v) is 6.55. The largest absolute Gasteiger partial charge is 0.431 e. The summed E-state index contributed by atoms with van der Waals surface area (Å²) in [6.45, 7) is 1.93. The summed E-state index contributed by atoms with van der Waals surface area (Å²) in [4.78, 5) is 28.0. The van der Waals surface area contributed by atoms with E-state index >= 15 is 0 Å². The summed E-state index contributed by atoms with van der Waals surface area (Å²) < 4.78 is 5.66. The Labute approximate surface area is 148 Å². The van der Waals surface area contributed by atoms with Crippen LogP contribution < -0.4 is 11.1 Å². The summed E-state index contributed by atoms with van der Waals surface area (Å²) in [5, 5.41) is 2.95. The van der Waals surface area contributed by atoms with Crippen molar-refractivity contribution in [3.8, 4) is 0 Å². The number of fused-ring (bicyclic) bond motifs is 1. The molecule has 0 aliphatic rings. The summed E-state index contributed by atoms with van der Waals surface area (Å²) in [7, 11) is 0. The van der Waals surface area contributed by atoms with Gasteiger partial charge in [-0.3, -0.25) is 9.59 Å². The molecule has 0 spiro atoms. The van der Waals surface area contributed by atoms with Crippen molar-refractivity contribution in [2.75, 3.05) is 5.32 Å². The van der Waals surface area contributed by atoms with Gasteiger partial charge in [0.2, 0.25) is 11.8 Å². The molecule has 1 atom stereocenters. The van der Waals surface area contributed by atoms with Crippen LogP contribution in [0.25, 0.3) is 11.1 Å². The minimum absolute atomic E-state index is 0.151. The Bertz CT molecular complexity index is 872. The fraction of sp³-hybridized carbons (Fsp3) is 0.167. The molecule has 3 rings (SSSR count). The van der Waals surface area contributed by atoms with Crippen LogP contribution in [0.15, 0.2) is 58.2 Å². The molecule has 6 nitrogen and oxygen atoms in total. The van der Waals surface area contributed by atoms with Crippen molar-refractivity contribution >= 4 is 40.4 Å². The van der Waals surface area contributed by atoms with Gasteiger partial charge in [0.1, 0.15) is 5.52 Å². The molecule has 1 unspecified atom stereocenters. The highest BCUT2D eigenvalue weighted by molar-refractivity contribution is 8.00. The fourth-order valence-electron chi connectivity index (χ4n) is 2.29. The number of anilines is 1. The minimum atomic E-state index is -0.504. The molecule has 0 aliphatic carbocycles. The zero-order valence-corrected chi connectivity index (χ0v) is 14.4. The van der Waals surface area contributed by atoms with Crippen molar-refractivity contribution in [2.24, 2.45) is 5.73 Å². The monoisotopic (exact) mass is 355 g/mol. The summed E-state index contributed by atoms with van der Waals surface area (Å²) in [5.74, 6) is -0.655. The molecule has 0 bridgehead atoms. The number of hydrogen-bond donors (Lipinski definition) is 2. The lowest BCUT2D eigenvalue weighted by Gasteiger charge is -2.12. The van der Waals surface area contributed by atoms with Crippen LogP contribution in [0.1, 0.15) is 23.7 Å². The van der Waals surface area contributed by atoms with E-state index in [0.717, 1.165) is 5.52 Å². The summed E-state index contributed by atoms with van der Waals surface area (Å²) in [6, 6.07) is 13.9. The number of primary amides is 1. The van der Waals surface area contributed by atoms with E-state index in [2.05, 4.69) is 10.3 Å². The predicted octanol–water partition coefficient (Wildman–Crippen LogP) is 3.44. The zero-order valence-electron chi connectivity index (χ0n) is 13.6. The number of rotatable bonds is 6. The first-order valence-electron chi connectivity index (χ1n) is 7.79. The number of nitrogens with one attached hydrogen (secondary N) is 1. The lowest BCUT2D eigenvalue weighted by atomic mass is 10.2. The Kier molecular flexibility index (Phi) is 5.04. The molecule has 0 radical (unpaired) electrons. The number of benzene rings is 2. The number of carbonyl (C=O) groups is 2. The van der Waals surface area contributed by atoms with Gasteiger partial charge < -0.3 is 15.5 Å². The standard InChI is InChI=1S/C18H17N3O3S/c1-2-15(25-18-21-13-5-3-4-6-14(13)24-18)17(23)20-12-9-7-11(8-10-12)16(19)22/h3-10,15H,2H2,1H3,(H2,19,22)(H,20,23). The van der Waals surface area contributed by atoms with E-state index < -0.39 is 5.91 Å². The quantitative estimate of drug-likeness (QED) is 0.660. The highest BCUT2D eigenvalue weighted by Crippen LogP contribution is 2.29. The van der Waals surface area contributed by atoms with E-state index in [-0.39, 0.29) is 11.2 Å². The van der Waals surface area contributed by atoms with Crippen LogP contribution in [0.3, 0.4) is 0 Å². The number of para-hydroxylation sites is 2. The Morgan fingerprint density at radius 2 is 1.92 bits per heavy atom. The molecule has 0 aliphatic heterocycles. The molecule has 2 amide bonds. The van der Waals surface area contributed by atoms with Crippen LogP contribution in [0.5, 0.6) is 0 Å². The lowest BCUT2D eigenvalue weighted by molar-refractivity contribution is -0.115. The second-order valence-electron chi connectivity index (χ2n) is 5.39. The molecule has 0 saturated carbocycles. The maximum Gasteiger partial charge on any atom is 0.257 e. The summed E-state index contributed by atoms with van der Waals surface area (Å²) in [5.41, 5.74) is 7.67. The lowest BCUT2D eigenvalue weighted by Crippen LogP contribution is -2.24. The van der Waals surface area contributed by atoms with Gasteiger partial charge in [0, 0.05) is 11.3 Å². The van der Waals surface area contributed by atoms with Crippen LogP contribution in [0.2, 0.25) is 0 Å². The van der Waals surface area contributed by atoms with Crippen LogP contribution in [-0.4, -0.2) is 22.0 Å². The Hall–Kier alpha value is -2.80. The van der Waals surface area contributed by atoms with Crippen LogP contribution in [0.4, 0.5) is 5.69 Å². The smallest absolute Gasteiger partial charge is 0.257 e. The van der Waals surface area contributed by atoms with Gasteiger partial charge in [-0.2, -0.15) is 0 Å². The van der Waals surface area contributed by atoms with Crippen molar-refractivity contribution in [3.63, 3.8) is 0 Å². The highest BCUT2D eigenvalue weighted by Gasteiger charge is 2.21. The van der Waals surface area contributed by atoms with Gasteiger partial charge in [-0.05, 0) is 42.8 Å². The summed E-state index contributed by atoms with van der Waals surface area (Å²) >= 11 is 1.29. The zero-order chi connectivity index (χ0) is 17.8. The molecule has 0 saturated heterocycles. The van der Waals surface area contributed by atoms with Gasteiger partial charge in [-0.15, -0.1) is 0 Å². The van der Waals surface area contributed by atoms with Gasteiger partial charge in [-0.25, -0.2) is 4.98 Å². The predicted molar refractivity (Wildman–Crippen MR) is 97.5 cm³/mol. The number of nitrogens with two attached hydrogens (primary N) is 1.